The van der Waals surface area contributed by atoms with Gasteiger partial charge in [0.15, 0.2) is 6.61 Å². The Bertz CT molecular complexity index is 984. The van der Waals surface area contributed by atoms with Crippen molar-refractivity contribution < 1.29 is 14.3 Å². The van der Waals surface area contributed by atoms with Crippen molar-refractivity contribution in [1.29, 1.82) is 0 Å². The van der Waals surface area contributed by atoms with E-state index in [9.17, 15) is 9.59 Å². The molecule has 2 N–H and O–H groups in total. The number of hydrogen-bond donors (Lipinski definition) is 2. The van der Waals surface area contributed by atoms with Crippen molar-refractivity contribution in [2.45, 2.75) is 13.8 Å². The summed E-state index contributed by atoms with van der Waals surface area (Å²) < 4.78 is 5.62. The van der Waals surface area contributed by atoms with Gasteiger partial charge in [-0.05, 0) is 49.7 Å². The second kappa shape index (κ2) is 8.86. The molecule has 3 aromatic rings. The summed E-state index contributed by atoms with van der Waals surface area (Å²) >= 11 is 0. The minimum Gasteiger partial charge on any atom is -0.483 e. The molecule has 0 bridgehead atoms. The topological polar surface area (TPSA) is 67.4 Å². The Kier molecular flexibility index (Phi) is 6.07. The maximum atomic E-state index is 12.6. The van der Waals surface area contributed by atoms with Gasteiger partial charge < -0.3 is 15.4 Å². The smallest absolute Gasteiger partial charge is 0.262 e. The van der Waals surface area contributed by atoms with Crippen LogP contribution in [0.5, 0.6) is 5.75 Å². The van der Waals surface area contributed by atoms with E-state index in [0.717, 1.165) is 16.8 Å². The van der Waals surface area contributed by atoms with E-state index in [1.165, 1.54) is 0 Å². The zero-order valence-electron chi connectivity index (χ0n) is 15.9. The Balaban J connectivity index is 1.64. The first-order valence-electron chi connectivity index (χ1n) is 8.98. The Hall–Kier alpha value is -3.60. The van der Waals surface area contributed by atoms with Crippen molar-refractivity contribution in [3.8, 4) is 5.75 Å². The molecule has 0 fully saturated rings. The molecule has 2 amide bonds. The van der Waals surface area contributed by atoms with Gasteiger partial charge in [-0.1, -0.05) is 48.0 Å². The zero-order valence-corrected chi connectivity index (χ0v) is 15.9. The van der Waals surface area contributed by atoms with Crippen LogP contribution in [0.3, 0.4) is 0 Å². The molecule has 3 rings (SSSR count). The van der Waals surface area contributed by atoms with Crippen LogP contribution in [0.1, 0.15) is 21.5 Å². The highest BCUT2D eigenvalue weighted by Gasteiger charge is 2.14. The third-order valence-electron chi connectivity index (χ3n) is 4.18. The molecule has 0 saturated carbocycles. The first-order valence-corrected chi connectivity index (χ1v) is 8.98. The molecule has 0 aliphatic carbocycles. The summed E-state index contributed by atoms with van der Waals surface area (Å²) in [6, 6.07) is 21.8. The van der Waals surface area contributed by atoms with E-state index in [0.29, 0.717) is 17.0 Å². The predicted molar refractivity (Wildman–Crippen MR) is 111 cm³/mol. The van der Waals surface area contributed by atoms with Gasteiger partial charge in [-0.25, -0.2) is 0 Å². The third kappa shape index (κ3) is 4.98. The lowest BCUT2D eigenvalue weighted by Gasteiger charge is -2.13. The molecule has 0 aliphatic rings. The van der Waals surface area contributed by atoms with Gasteiger partial charge in [-0.15, -0.1) is 0 Å². The quantitative estimate of drug-likeness (QED) is 0.664. The van der Waals surface area contributed by atoms with Crippen LogP contribution in [0, 0.1) is 13.8 Å². The molecule has 0 atom stereocenters. The Morgan fingerprint density at radius 1 is 0.857 bits per heavy atom. The predicted octanol–water partition coefficient (Wildman–Crippen LogP) is 4.57. The van der Waals surface area contributed by atoms with Gasteiger partial charge in [0.05, 0.1) is 5.56 Å². The summed E-state index contributed by atoms with van der Waals surface area (Å²) in [5.41, 5.74) is 3.91. The minimum atomic E-state index is -0.295. The minimum absolute atomic E-state index is 0.192. The Morgan fingerprint density at radius 2 is 1.57 bits per heavy atom. The molecule has 28 heavy (non-hydrogen) atoms. The summed E-state index contributed by atoms with van der Waals surface area (Å²) in [5.74, 6) is -0.228. The molecule has 5 heteroatoms. The van der Waals surface area contributed by atoms with Crippen LogP contribution >= 0.6 is 0 Å². The number of ether oxygens (including phenoxy) is 1. The van der Waals surface area contributed by atoms with Gasteiger partial charge in [-0.3, -0.25) is 9.59 Å². The molecular formula is C23H22N2O3. The lowest BCUT2D eigenvalue weighted by atomic mass is 10.1. The third-order valence-corrected chi connectivity index (χ3v) is 4.18. The Morgan fingerprint density at radius 3 is 2.32 bits per heavy atom. The van der Waals surface area contributed by atoms with Crippen molar-refractivity contribution in [3.63, 3.8) is 0 Å². The number of amides is 2. The van der Waals surface area contributed by atoms with Crippen molar-refractivity contribution in [1.82, 2.24) is 0 Å². The summed E-state index contributed by atoms with van der Waals surface area (Å²) in [6.07, 6.45) is 0. The monoisotopic (exact) mass is 374 g/mol. The molecule has 3 aromatic carbocycles. The molecule has 5 nitrogen and oxygen atoms in total. The van der Waals surface area contributed by atoms with Crippen LogP contribution in [0.2, 0.25) is 0 Å². The number of aryl methyl sites for hydroxylation is 2. The summed E-state index contributed by atoms with van der Waals surface area (Å²) in [5, 5.41) is 5.65. The first-order chi connectivity index (χ1) is 13.5. The normalized spacial score (nSPS) is 10.2. The maximum Gasteiger partial charge on any atom is 0.262 e. The van der Waals surface area contributed by atoms with E-state index in [1.54, 1.807) is 36.4 Å². The van der Waals surface area contributed by atoms with E-state index in [2.05, 4.69) is 10.6 Å². The van der Waals surface area contributed by atoms with Crippen LogP contribution < -0.4 is 15.4 Å². The molecule has 0 radical (unpaired) electrons. The van der Waals surface area contributed by atoms with E-state index in [1.807, 2.05) is 50.2 Å². The number of benzene rings is 3. The second-order valence-electron chi connectivity index (χ2n) is 6.47. The summed E-state index contributed by atoms with van der Waals surface area (Å²) in [6.45, 7) is 3.74. The fourth-order valence-electron chi connectivity index (χ4n) is 2.78. The van der Waals surface area contributed by atoms with Gasteiger partial charge in [0.25, 0.3) is 11.8 Å². The molecular weight excluding hydrogens is 352 g/mol. The lowest BCUT2D eigenvalue weighted by molar-refractivity contribution is -0.118. The average Bonchev–Trinajstić information content (AvgIpc) is 2.69. The largest absolute Gasteiger partial charge is 0.483 e. The van der Waals surface area contributed by atoms with Crippen LogP contribution in [0.4, 0.5) is 11.4 Å². The second-order valence-corrected chi connectivity index (χ2v) is 6.47. The van der Waals surface area contributed by atoms with Crippen molar-refractivity contribution in [2.24, 2.45) is 0 Å². The average molecular weight is 374 g/mol. The molecule has 142 valence electrons. The number of carbonyl (C=O) groups excluding carboxylic acids is 2. The van der Waals surface area contributed by atoms with E-state index < -0.39 is 0 Å². The van der Waals surface area contributed by atoms with Crippen LogP contribution in [0.15, 0.2) is 72.8 Å². The van der Waals surface area contributed by atoms with Crippen molar-refractivity contribution >= 4 is 23.2 Å². The molecule has 0 heterocycles. The first kappa shape index (κ1) is 19.2. The van der Waals surface area contributed by atoms with Crippen molar-refractivity contribution in [2.75, 3.05) is 17.2 Å². The van der Waals surface area contributed by atoms with Crippen molar-refractivity contribution in [3.05, 3.63) is 89.5 Å². The number of carbonyl (C=O) groups is 2. The number of rotatable bonds is 6. The fraction of sp³-hybridized carbons (Fsp3) is 0.130. The number of nitrogens with one attached hydrogen (secondary N) is 2. The van der Waals surface area contributed by atoms with Gasteiger partial charge in [-0.2, -0.15) is 0 Å². The molecule has 0 aromatic heterocycles. The highest BCUT2D eigenvalue weighted by molar-refractivity contribution is 6.06. The fourth-order valence-corrected chi connectivity index (χ4v) is 2.78. The lowest BCUT2D eigenvalue weighted by Crippen LogP contribution is -2.22. The van der Waals surface area contributed by atoms with Gasteiger partial charge in [0.1, 0.15) is 5.75 Å². The van der Waals surface area contributed by atoms with Gasteiger partial charge in [0.2, 0.25) is 0 Å². The molecule has 0 saturated heterocycles. The molecule has 0 unspecified atom stereocenters. The number of anilines is 2. The van der Waals surface area contributed by atoms with Crippen LogP contribution in [-0.4, -0.2) is 18.4 Å². The van der Waals surface area contributed by atoms with Crippen LogP contribution in [-0.2, 0) is 4.79 Å². The maximum absolute atomic E-state index is 12.6. The van der Waals surface area contributed by atoms with Gasteiger partial charge >= 0.3 is 0 Å². The summed E-state index contributed by atoms with van der Waals surface area (Å²) in [4.78, 5) is 24.8. The van der Waals surface area contributed by atoms with E-state index in [-0.39, 0.29) is 18.4 Å². The van der Waals surface area contributed by atoms with Gasteiger partial charge in [0, 0.05) is 11.4 Å². The van der Waals surface area contributed by atoms with E-state index >= 15 is 0 Å². The highest BCUT2D eigenvalue weighted by Crippen LogP contribution is 2.20. The molecule has 0 aliphatic heterocycles. The standard InChI is InChI=1S/C23H22N2O3/c1-16-12-13-20(17(2)14-16)25-22(26)15-28-21-11-7-6-10-19(21)23(27)24-18-8-4-3-5-9-18/h3-14H,15H2,1-2H3,(H,24,27)(H,25,26). The zero-order chi connectivity index (χ0) is 19.9. The molecule has 0 spiro atoms. The SMILES string of the molecule is Cc1ccc(NC(=O)COc2ccccc2C(=O)Nc2ccccc2)c(C)c1. The summed E-state index contributed by atoms with van der Waals surface area (Å²) in [7, 11) is 0. The number of para-hydroxylation sites is 2. The Labute approximate surface area is 164 Å². The van der Waals surface area contributed by atoms with E-state index in [4.69, 9.17) is 4.74 Å². The van der Waals surface area contributed by atoms with Crippen LogP contribution in [0.25, 0.3) is 0 Å². The highest BCUT2D eigenvalue weighted by atomic mass is 16.5. The number of hydrogen-bond acceptors (Lipinski definition) is 3.